The molecule has 0 aromatic heterocycles. The maximum Gasteiger partial charge on any atom is 2.00 e. The van der Waals surface area contributed by atoms with Crippen molar-refractivity contribution in [2.45, 2.75) is 6.55 Å². The second-order valence-corrected chi connectivity index (χ2v) is 2.41. The Morgan fingerprint density at radius 3 is 2.00 bits per heavy atom. The first-order chi connectivity index (χ1) is 1.41. The largest absolute Gasteiger partial charge is 2.00 e. The predicted octanol–water partition coefficient (Wildman–Crippen LogP) is 0.201. The minimum Gasteiger partial charge on any atom is -1.00 e. The summed E-state index contributed by atoms with van der Waals surface area (Å²) in [6.07, 6.45) is 0. The third kappa shape index (κ3) is 9.24. The molecule has 0 aromatic carbocycles. The fourth-order valence-electron chi connectivity index (χ4n) is 0. The van der Waals surface area contributed by atoms with Crippen LogP contribution in [0.2, 0.25) is 6.55 Å². The molecule has 0 saturated heterocycles. The standard InChI is InChI=1S/CH5ClSi.Ca.2H/c1-3-2;;;/h3H2,1H3;;;/q;+2;2*-1. The van der Waals surface area contributed by atoms with Crippen LogP contribution in [-0.2, 0) is 0 Å². The first-order valence-corrected chi connectivity index (χ1v) is 4.53. The summed E-state index contributed by atoms with van der Waals surface area (Å²) in [4.78, 5) is 0. The van der Waals surface area contributed by atoms with Gasteiger partial charge >= 0.3 is 37.7 Å². The van der Waals surface area contributed by atoms with Crippen LogP contribution in [0.25, 0.3) is 0 Å². The summed E-state index contributed by atoms with van der Waals surface area (Å²) >= 11 is 5.14. The molecule has 0 unspecified atom stereocenters. The van der Waals surface area contributed by atoms with Gasteiger partial charge in [-0.1, -0.05) is 6.55 Å². The summed E-state index contributed by atoms with van der Waals surface area (Å²) in [5, 5.41) is 0. The number of hydrogen-bond donors (Lipinski definition) is 0. The van der Waals surface area contributed by atoms with Gasteiger partial charge in [-0.25, -0.2) is 0 Å². The van der Waals surface area contributed by atoms with Crippen molar-refractivity contribution in [2.24, 2.45) is 0 Å². The fraction of sp³-hybridized carbons (Fsp3) is 1.00. The van der Waals surface area contributed by atoms with Crippen molar-refractivity contribution in [2.75, 3.05) is 0 Å². The molecular formula is CH7CaClSi. The number of rotatable bonds is 0. The van der Waals surface area contributed by atoms with Crippen molar-refractivity contribution in [3.8, 4) is 0 Å². The third-order valence-corrected chi connectivity index (χ3v) is 0. The molecule has 0 heterocycles. The van der Waals surface area contributed by atoms with Gasteiger partial charge in [0.25, 0.3) is 0 Å². The van der Waals surface area contributed by atoms with E-state index >= 15 is 0 Å². The molecule has 0 aromatic rings. The summed E-state index contributed by atoms with van der Waals surface area (Å²) < 4.78 is 0. The molecule has 0 amide bonds. The molecule has 0 atom stereocenters. The second kappa shape index (κ2) is 8.84. The van der Waals surface area contributed by atoms with Crippen molar-refractivity contribution < 1.29 is 2.85 Å². The third-order valence-electron chi connectivity index (χ3n) is 0. The van der Waals surface area contributed by atoms with Crippen LogP contribution >= 0.6 is 11.1 Å². The van der Waals surface area contributed by atoms with Crippen LogP contribution in [0.15, 0.2) is 0 Å². The average molecular weight is 123 g/mol. The number of hydrogen-bond acceptors (Lipinski definition) is 0. The van der Waals surface area contributed by atoms with E-state index in [2.05, 4.69) is 0 Å². The van der Waals surface area contributed by atoms with Crippen molar-refractivity contribution in [3.05, 3.63) is 0 Å². The van der Waals surface area contributed by atoms with Crippen molar-refractivity contribution >= 4 is 57.6 Å². The van der Waals surface area contributed by atoms with Gasteiger partial charge < -0.3 is 2.85 Å². The van der Waals surface area contributed by atoms with Crippen LogP contribution in [-0.4, -0.2) is 46.6 Å². The molecule has 0 aliphatic carbocycles. The van der Waals surface area contributed by atoms with Crippen LogP contribution < -0.4 is 0 Å². The van der Waals surface area contributed by atoms with Gasteiger partial charge in [-0.15, -0.1) is 0 Å². The molecule has 3 heteroatoms. The average Bonchev–Trinajstić information content (AvgIpc) is 0.918. The Morgan fingerprint density at radius 1 is 2.00 bits per heavy atom. The van der Waals surface area contributed by atoms with Gasteiger partial charge in [-0.2, -0.15) is 11.1 Å². The van der Waals surface area contributed by atoms with Crippen LogP contribution in [0, 0.1) is 0 Å². The van der Waals surface area contributed by atoms with E-state index in [0.717, 1.165) is 0 Å². The van der Waals surface area contributed by atoms with E-state index in [4.69, 9.17) is 11.1 Å². The van der Waals surface area contributed by atoms with E-state index in [1.165, 1.54) is 0 Å². The van der Waals surface area contributed by atoms with E-state index < -0.39 is 0 Å². The van der Waals surface area contributed by atoms with Gasteiger partial charge in [0.2, 0.25) is 0 Å². The fourth-order valence-corrected chi connectivity index (χ4v) is 0. The zero-order valence-electron chi connectivity index (χ0n) is 4.79. The topological polar surface area (TPSA) is 0 Å². The van der Waals surface area contributed by atoms with E-state index in [9.17, 15) is 0 Å². The zero-order chi connectivity index (χ0) is 2.71. The van der Waals surface area contributed by atoms with Crippen LogP contribution in [0.4, 0.5) is 0 Å². The monoisotopic (exact) mass is 122 g/mol. The van der Waals surface area contributed by atoms with Gasteiger partial charge in [0.1, 0.15) is 8.83 Å². The Kier molecular flexibility index (Phi) is 20.4. The predicted molar refractivity (Wildman–Crippen MR) is 28.2 cm³/mol. The quantitative estimate of drug-likeness (QED) is 0.318. The molecule has 0 radical (unpaired) electrons. The Hall–Kier alpha value is 1.77. The molecule has 24 valence electrons. The SMILES string of the molecule is C[SiH2]Cl.[Ca+2].[H-].[H-]. The molecule has 0 N–H and O–H groups in total. The normalized spacial score (nSPS) is 7.50. The summed E-state index contributed by atoms with van der Waals surface area (Å²) in [6.45, 7) is 2.03. The van der Waals surface area contributed by atoms with Crippen molar-refractivity contribution in [1.29, 1.82) is 0 Å². The van der Waals surface area contributed by atoms with E-state index in [0.29, 0.717) is 0 Å². The Bertz CT molecular complexity index is 13.5. The summed E-state index contributed by atoms with van der Waals surface area (Å²) in [5.74, 6) is 0. The minimum absolute atomic E-state index is 0. The van der Waals surface area contributed by atoms with Crippen molar-refractivity contribution in [1.82, 2.24) is 0 Å². The molecule has 0 fully saturated rings. The molecule has 4 heavy (non-hydrogen) atoms. The van der Waals surface area contributed by atoms with Crippen LogP contribution in [0.1, 0.15) is 2.85 Å². The molecule has 0 nitrogen and oxygen atoms in total. The van der Waals surface area contributed by atoms with Gasteiger partial charge in [-0.05, 0) is 0 Å². The molecule has 0 rings (SSSR count). The Labute approximate surface area is 66.4 Å². The van der Waals surface area contributed by atoms with E-state index in [1.54, 1.807) is 0 Å². The molecule has 0 bridgehead atoms. The molecule has 0 aliphatic rings. The Morgan fingerprint density at radius 2 is 2.00 bits per heavy atom. The summed E-state index contributed by atoms with van der Waals surface area (Å²) in [6, 6.07) is 0. The van der Waals surface area contributed by atoms with Crippen LogP contribution in [0.5, 0.6) is 0 Å². The minimum atomic E-state index is -0.111. The Balaban J connectivity index is -0.00000000667. The second-order valence-electron chi connectivity index (χ2n) is 0.267. The van der Waals surface area contributed by atoms with Crippen LogP contribution in [0.3, 0.4) is 0 Å². The molecule has 0 aliphatic heterocycles. The molecule has 0 spiro atoms. The van der Waals surface area contributed by atoms with Gasteiger partial charge in [-0.3, -0.25) is 0 Å². The maximum atomic E-state index is 5.14. The maximum absolute atomic E-state index is 5.14. The zero-order valence-corrected chi connectivity index (χ0v) is 7.17. The van der Waals surface area contributed by atoms with Crippen molar-refractivity contribution in [3.63, 3.8) is 0 Å². The molecular weight excluding hydrogens is 116 g/mol. The molecule has 0 saturated carbocycles. The smallest absolute Gasteiger partial charge is 1.00 e. The summed E-state index contributed by atoms with van der Waals surface area (Å²) in [7, 11) is -0.111. The first kappa shape index (κ1) is 9.24. The first-order valence-electron chi connectivity index (χ1n) is 0.974. The van der Waals surface area contributed by atoms with Gasteiger partial charge in [0.15, 0.2) is 0 Å². The van der Waals surface area contributed by atoms with Gasteiger partial charge in [0.05, 0.1) is 0 Å². The van der Waals surface area contributed by atoms with E-state index in [-0.39, 0.29) is 49.4 Å². The summed E-state index contributed by atoms with van der Waals surface area (Å²) in [5.41, 5.74) is 0. The van der Waals surface area contributed by atoms with Gasteiger partial charge in [0, 0.05) is 0 Å². The number of halogens is 1. The van der Waals surface area contributed by atoms with E-state index in [1.807, 2.05) is 6.55 Å².